The molecule has 0 fully saturated rings. The fraction of sp³-hybridized carbons (Fsp3) is 0.154. The number of rotatable bonds is 4. The maximum atomic E-state index is 11.7. The third-order valence-corrected chi connectivity index (χ3v) is 2.55. The summed E-state index contributed by atoms with van der Waals surface area (Å²) in [6, 6.07) is 9.13. The summed E-state index contributed by atoms with van der Waals surface area (Å²) in [5, 5.41) is 0.686. The van der Waals surface area contributed by atoms with Crippen LogP contribution >= 0.6 is 11.6 Å². The normalized spacial score (nSPS) is 10.3. The van der Waals surface area contributed by atoms with Crippen molar-refractivity contribution in [3.05, 3.63) is 59.0 Å². The standard InChI is InChI=1S/C13H11ClO2/c14-12-3-1-10(2-4-12)7-13(15)8-11-5-6-16-9-11/h1-6,9H,7-8H2. The molecule has 0 radical (unpaired) electrons. The molecule has 0 atom stereocenters. The minimum atomic E-state index is 0.170. The topological polar surface area (TPSA) is 30.2 Å². The molecule has 0 saturated carbocycles. The van der Waals surface area contributed by atoms with Gasteiger partial charge in [0.25, 0.3) is 0 Å². The first kappa shape index (κ1) is 11.0. The van der Waals surface area contributed by atoms with Gasteiger partial charge < -0.3 is 4.42 Å². The van der Waals surface area contributed by atoms with Gasteiger partial charge in [0.2, 0.25) is 0 Å². The highest BCUT2D eigenvalue weighted by Gasteiger charge is 2.06. The second-order valence-corrected chi connectivity index (χ2v) is 4.09. The molecule has 0 unspecified atom stereocenters. The number of Topliss-reactive ketones (excluding diaryl/α,β-unsaturated/α-hetero) is 1. The highest BCUT2D eigenvalue weighted by Crippen LogP contribution is 2.11. The Morgan fingerprint density at radius 1 is 1.06 bits per heavy atom. The summed E-state index contributed by atoms with van der Waals surface area (Å²) < 4.78 is 4.91. The summed E-state index contributed by atoms with van der Waals surface area (Å²) in [6.07, 6.45) is 4.02. The molecule has 3 heteroatoms. The molecule has 2 rings (SSSR count). The average molecular weight is 235 g/mol. The van der Waals surface area contributed by atoms with Crippen LogP contribution in [0.2, 0.25) is 5.02 Å². The van der Waals surface area contributed by atoms with E-state index in [9.17, 15) is 4.79 Å². The summed E-state index contributed by atoms with van der Waals surface area (Å²) in [5.41, 5.74) is 1.90. The zero-order valence-electron chi connectivity index (χ0n) is 8.65. The molecule has 16 heavy (non-hydrogen) atoms. The van der Waals surface area contributed by atoms with Gasteiger partial charge in [-0.05, 0) is 29.3 Å². The summed E-state index contributed by atoms with van der Waals surface area (Å²) in [7, 11) is 0. The highest BCUT2D eigenvalue weighted by atomic mass is 35.5. The number of furan rings is 1. The van der Waals surface area contributed by atoms with Crippen LogP contribution in [0.25, 0.3) is 0 Å². The average Bonchev–Trinajstić information content (AvgIpc) is 2.74. The Hall–Kier alpha value is -1.54. The van der Waals surface area contributed by atoms with E-state index in [0.717, 1.165) is 11.1 Å². The van der Waals surface area contributed by atoms with Crippen molar-refractivity contribution in [2.24, 2.45) is 0 Å². The molecule has 1 aromatic carbocycles. The molecule has 0 aliphatic carbocycles. The van der Waals surface area contributed by atoms with Gasteiger partial charge in [-0.25, -0.2) is 0 Å². The third kappa shape index (κ3) is 2.97. The van der Waals surface area contributed by atoms with Crippen molar-refractivity contribution < 1.29 is 9.21 Å². The monoisotopic (exact) mass is 234 g/mol. The summed E-state index contributed by atoms with van der Waals surface area (Å²) in [4.78, 5) is 11.7. The number of carbonyl (C=O) groups is 1. The van der Waals surface area contributed by atoms with Crippen molar-refractivity contribution in [1.29, 1.82) is 0 Å². The van der Waals surface area contributed by atoms with Crippen LogP contribution in [-0.2, 0) is 17.6 Å². The zero-order chi connectivity index (χ0) is 11.4. The molecule has 1 aromatic heterocycles. The number of halogens is 1. The van der Waals surface area contributed by atoms with Gasteiger partial charge in [-0.2, -0.15) is 0 Å². The Morgan fingerprint density at radius 2 is 1.75 bits per heavy atom. The second kappa shape index (κ2) is 4.99. The number of hydrogen-bond donors (Lipinski definition) is 0. The van der Waals surface area contributed by atoms with Gasteiger partial charge in [-0.3, -0.25) is 4.79 Å². The second-order valence-electron chi connectivity index (χ2n) is 3.65. The predicted octanol–water partition coefficient (Wildman–Crippen LogP) is 3.29. The van der Waals surface area contributed by atoms with E-state index in [1.807, 2.05) is 12.1 Å². The van der Waals surface area contributed by atoms with Crippen LogP contribution in [0.1, 0.15) is 11.1 Å². The predicted molar refractivity (Wildman–Crippen MR) is 62.6 cm³/mol. The number of carbonyl (C=O) groups excluding carboxylic acids is 1. The van der Waals surface area contributed by atoms with E-state index < -0.39 is 0 Å². The maximum absolute atomic E-state index is 11.7. The lowest BCUT2D eigenvalue weighted by atomic mass is 10.0. The third-order valence-electron chi connectivity index (χ3n) is 2.30. The van der Waals surface area contributed by atoms with Gasteiger partial charge in [0.15, 0.2) is 0 Å². The quantitative estimate of drug-likeness (QED) is 0.813. The van der Waals surface area contributed by atoms with Crippen LogP contribution in [-0.4, -0.2) is 5.78 Å². The molecule has 2 nitrogen and oxygen atoms in total. The minimum absolute atomic E-state index is 0.170. The Balaban J connectivity index is 1.95. The first-order valence-electron chi connectivity index (χ1n) is 5.01. The van der Waals surface area contributed by atoms with Gasteiger partial charge in [-0.15, -0.1) is 0 Å². The van der Waals surface area contributed by atoms with E-state index in [-0.39, 0.29) is 5.78 Å². The van der Waals surface area contributed by atoms with Crippen molar-refractivity contribution in [1.82, 2.24) is 0 Å². The summed E-state index contributed by atoms with van der Waals surface area (Å²) >= 11 is 5.77. The van der Waals surface area contributed by atoms with Gasteiger partial charge in [0.1, 0.15) is 5.78 Å². The van der Waals surface area contributed by atoms with Gasteiger partial charge in [-0.1, -0.05) is 23.7 Å². The Kier molecular flexibility index (Phi) is 3.42. The van der Waals surface area contributed by atoms with E-state index in [1.165, 1.54) is 0 Å². The molecule has 0 bridgehead atoms. The number of ketones is 1. The zero-order valence-corrected chi connectivity index (χ0v) is 9.41. The molecule has 2 aromatic rings. The minimum Gasteiger partial charge on any atom is -0.472 e. The largest absolute Gasteiger partial charge is 0.472 e. The fourth-order valence-corrected chi connectivity index (χ4v) is 1.64. The number of hydrogen-bond acceptors (Lipinski definition) is 2. The van der Waals surface area contributed by atoms with Crippen LogP contribution in [0.5, 0.6) is 0 Å². The molecule has 0 aliphatic rings. The van der Waals surface area contributed by atoms with Crippen LogP contribution in [0.3, 0.4) is 0 Å². The molecule has 0 aliphatic heterocycles. The van der Waals surface area contributed by atoms with E-state index in [4.69, 9.17) is 16.0 Å². The van der Waals surface area contributed by atoms with E-state index in [1.54, 1.807) is 30.7 Å². The highest BCUT2D eigenvalue weighted by molar-refractivity contribution is 6.30. The van der Waals surface area contributed by atoms with Crippen LogP contribution in [0, 0.1) is 0 Å². The Morgan fingerprint density at radius 3 is 2.38 bits per heavy atom. The molecule has 0 amide bonds. The van der Waals surface area contributed by atoms with Gasteiger partial charge in [0.05, 0.1) is 12.5 Å². The van der Waals surface area contributed by atoms with Gasteiger partial charge in [0, 0.05) is 17.9 Å². The fourth-order valence-electron chi connectivity index (χ4n) is 1.51. The van der Waals surface area contributed by atoms with E-state index in [2.05, 4.69) is 0 Å². The maximum Gasteiger partial charge on any atom is 0.141 e. The molecule has 0 N–H and O–H groups in total. The van der Waals surface area contributed by atoms with Crippen molar-refractivity contribution in [3.8, 4) is 0 Å². The molecular formula is C13H11ClO2. The molecule has 0 saturated heterocycles. The Labute approximate surface area is 98.8 Å². The van der Waals surface area contributed by atoms with Crippen molar-refractivity contribution in [2.75, 3.05) is 0 Å². The molecule has 1 heterocycles. The molecule has 0 spiro atoms. The summed E-state index contributed by atoms with van der Waals surface area (Å²) in [6.45, 7) is 0. The van der Waals surface area contributed by atoms with E-state index in [0.29, 0.717) is 17.9 Å². The molecular weight excluding hydrogens is 224 g/mol. The van der Waals surface area contributed by atoms with Crippen molar-refractivity contribution in [3.63, 3.8) is 0 Å². The lowest BCUT2D eigenvalue weighted by molar-refractivity contribution is -0.117. The van der Waals surface area contributed by atoms with Crippen LogP contribution < -0.4 is 0 Å². The first-order chi connectivity index (χ1) is 7.74. The SMILES string of the molecule is O=C(Cc1ccc(Cl)cc1)Cc1ccoc1. The van der Waals surface area contributed by atoms with Crippen molar-refractivity contribution in [2.45, 2.75) is 12.8 Å². The van der Waals surface area contributed by atoms with Crippen molar-refractivity contribution >= 4 is 17.4 Å². The molecule has 82 valence electrons. The van der Waals surface area contributed by atoms with Gasteiger partial charge >= 0.3 is 0 Å². The van der Waals surface area contributed by atoms with Crippen LogP contribution in [0.4, 0.5) is 0 Å². The van der Waals surface area contributed by atoms with E-state index >= 15 is 0 Å². The Bertz CT molecular complexity index is 457. The summed E-state index contributed by atoms with van der Waals surface area (Å²) in [5.74, 6) is 0.170. The first-order valence-corrected chi connectivity index (χ1v) is 5.39. The number of benzene rings is 1. The smallest absolute Gasteiger partial charge is 0.141 e. The van der Waals surface area contributed by atoms with Crippen LogP contribution in [0.15, 0.2) is 47.3 Å². The lowest BCUT2D eigenvalue weighted by Gasteiger charge is -2.00. The lowest BCUT2D eigenvalue weighted by Crippen LogP contribution is -2.05.